The Kier molecular flexibility index (Phi) is 5.42. The number of allylic oxidation sites excluding steroid dienone is 1. The van der Waals surface area contributed by atoms with E-state index in [2.05, 4.69) is 4.74 Å². The summed E-state index contributed by atoms with van der Waals surface area (Å²) >= 11 is 0. The third-order valence-electron chi connectivity index (χ3n) is 4.52. The first-order valence-electron chi connectivity index (χ1n) is 8.09. The second-order valence-electron chi connectivity index (χ2n) is 6.55. The lowest BCUT2D eigenvalue weighted by Crippen LogP contribution is -2.13. The van der Waals surface area contributed by atoms with Crippen molar-refractivity contribution in [1.82, 2.24) is 0 Å². The van der Waals surface area contributed by atoms with Gasteiger partial charge in [0.1, 0.15) is 6.10 Å². The van der Waals surface area contributed by atoms with Crippen LogP contribution in [0.3, 0.4) is 0 Å². The molecule has 0 aliphatic heterocycles. The number of halogens is 1. The number of benzene rings is 1. The Morgan fingerprint density at radius 3 is 2.50 bits per heavy atom. The molecule has 0 spiro atoms. The molecule has 130 valence electrons. The van der Waals surface area contributed by atoms with Crippen LogP contribution >= 0.6 is 0 Å². The third-order valence-corrected chi connectivity index (χ3v) is 4.52. The second kappa shape index (κ2) is 7.16. The molecule has 0 aromatic heterocycles. The molecule has 0 amide bonds. The molecule has 3 atom stereocenters. The van der Waals surface area contributed by atoms with E-state index in [1.165, 1.54) is 6.08 Å². The molecule has 1 aromatic rings. The standard InChI is InChI=1S/C19H23FO4/c1-5-23-17(21)15(20)11-14-16(19(14,3)4)18(22)24-12(2)13-9-7-6-8-10-13/h6-12,14,16H,5H2,1-4H3/b15-11+/t12?,14-,16-/m0/s1. The van der Waals surface area contributed by atoms with Gasteiger partial charge in [0.05, 0.1) is 12.5 Å². The fourth-order valence-corrected chi connectivity index (χ4v) is 2.90. The summed E-state index contributed by atoms with van der Waals surface area (Å²) in [5.74, 6) is -3.18. The maximum absolute atomic E-state index is 13.8. The van der Waals surface area contributed by atoms with E-state index in [1.807, 2.05) is 44.2 Å². The topological polar surface area (TPSA) is 52.6 Å². The van der Waals surface area contributed by atoms with Crippen LogP contribution in [-0.2, 0) is 19.1 Å². The number of ether oxygens (including phenoxy) is 2. The second-order valence-corrected chi connectivity index (χ2v) is 6.55. The summed E-state index contributed by atoms with van der Waals surface area (Å²) in [6, 6.07) is 9.41. The lowest BCUT2D eigenvalue weighted by atomic mass is 10.1. The number of hydrogen-bond donors (Lipinski definition) is 0. The zero-order valence-corrected chi connectivity index (χ0v) is 14.4. The van der Waals surface area contributed by atoms with Crippen LogP contribution in [0, 0.1) is 17.3 Å². The summed E-state index contributed by atoms with van der Waals surface area (Å²) < 4.78 is 23.9. The highest BCUT2D eigenvalue weighted by Crippen LogP contribution is 2.60. The maximum atomic E-state index is 13.8. The molecule has 1 aliphatic carbocycles. The number of rotatable bonds is 6. The van der Waals surface area contributed by atoms with Crippen molar-refractivity contribution < 1.29 is 23.5 Å². The molecule has 2 rings (SSSR count). The Morgan fingerprint density at radius 1 is 1.29 bits per heavy atom. The fraction of sp³-hybridized carbons (Fsp3) is 0.474. The summed E-state index contributed by atoms with van der Waals surface area (Å²) in [5.41, 5.74) is 0.450. The van der Waals surface area contributed by atoms with Gasteiger partial charge in [-0.3, -0.25) is 4.79 Å². The minimum Gasteiger partial charge on any atom is -0.461 e. The SMILES string of the molecule is CCOC(=O)/C(F)=C\[C@H]1[C@@H](C(=O)OC(C)c2ccccc2)C1(C)C. The number of carbonyl (C=O) groups is 2. The maximum Gasteiger partial charge on any atom is 0.366 e. The van der Waals surface area contributed by atoms with Crippen molar-refractivity contribution in [3.63, 3.8) is 0 Å². The fourth-order valence-electron chi connectivity index (χ4n) is 2.90. The molecule has 0 saturated heterocycles. The van der Waals surface area contributed by atoms with Gasteiger partial charge in [0, 0.05) is 0 Å². The van der Waals surface area contributed by atoms with E-state index < -0.39 is 23.1 Å². The summed E-state index contributed by atoms with van der Waals surface area (Å²) in [4.78, 5) is 23.8. The van der Waals surface area contributed by atoms with Crippen LogP contribution < -0.4 is 0 Å². The molecular weight excluding hydrogens is 311 g/mol. The number of hydrogen-bond acceptors (Lipinski definition) is 4. The molecule has 0 radical (unpaired) electrons. The molecule has 5 heteroatoms. The Hall–Kier alpha value is -2.17. The molecule has 1 aromatic carbocycles. The molecule has 0 bridgehead atoms. The van der Waals surface area contributed by atoms with E-state index in [4.69, 9.17) is 4.74 Å². The minimum absolute atomic E-state index is 0.105. The molecule has 1 unspecified atom stereocenters. The van der Waals surface area contributed by atoms with Gasteiger partial charge >= 0.3 is 11.9 Å². The Balaban J connectivity index is 2.02. The van der Waals surface area contributed by atoms with Crippen LogP contribution in [-0.4, -0.2) is 18.5 Å². The molecule has 24 heavy (non-hydrogen) atoms. The van der Waals surface area contributed by atoms with E-state index in [-0.39, 0.29) is 24.6 Å². The van der Waals surface area contributed by atoms with Crippen LogP contribution in [0.1, 0.15) is 39.4 Å². The number of carbonyl (C=O) groups excluding carboxylic acids is 2. The van der Waals surface area contributed by atoms with Crippen LogP contribution in [0.2, 0.25) is 0 Å². The van der Waals surface area contributed by atoms with Crippen LogP contribution in [0.4, 0.5) is 4.39 Å². The summed E-state index contributed by atoms with van der Waals surface area (Å²) in [6.07, 6.45) is 0.798. The molecule has 1 aliphatic rings. The van der Waals surface area contributed by atoms with Crippen LogP contribution in [0.25, 0.3) is 0 Å². The molecule has 0 heterocycles. The van der Waals surface area contributed by atoms with E-state index >= 15 is 0 Å². The largest absolute Gasteiger partial charge is 0.461 e. The van der Waals surface area contributed by atoms with Gasteiger partial charge in [0.25, 0.3) is 0 Å². The van der Waals surface area contributed by atoms with Crippen LogP contribution in [0.15, 0.2) is 42.2 Å². The predicted octanol–water partition coefficient (Wildman–Crippen LogP) is 3.98. The third kappa shape index (κ3) is 3.83. The van der Waals surface area contributed by atoms with Gasteiger partial charge in [-0.1, -0.05) is 44.2 Å². The summed E-state index contributed by atoms with van der Waals surface area (Å²) in [5, 5.41) is 0. The Morgan fingerprint density at radius 2 is 1.92 bits per heavy atom. The molecule has 4 nitrogen and oxygen atoms in total. The normalized spacial score (nSPS) is 23.3. The smallest absolute Gasteiger partial charge is 0.366 e. The first kappa shape index (κ1) is 18.2. The predicted molar refractivity (Wildman–Crippen MR) is 87.5 cm³/mol. The van der Waals surface area contributed by atoms with Crippen LogP contribution in [0.5, 0.6) is 0 Å². The lowest BCUT2D eigenvalue weighted by molar-refractivity contribution is -0.151. The van der Waals surface area contributed by atoms with Gasteiger partial charge in [-0.15, -0.1) is 0 Å². The highest BCUT2D eigenvalue weighted by Gasteiger charge is 2.62. The van der Waals surface area contributed by atoms with Gasteiger partial charge in [-0.05, 0) is 36.8 Å². The Labute approximate surface area is 141 Å². The zero-order chi connectivity index (χ0) is 17.9. The highest BCUT2D eigenvalue weighted by molar-refractivity contribution is 5.86. The molecule has 0 N–H and O–H groups in total. The van der Waals surface area contributed by atoms with Crippen molar-refractivity contribution in [2.24, 2.45) is 17.3 Å². The van der Waals surface area contributed by atoms with E-state index in [0.29, 0.717) is 0 Å². The molecule has 1 fully saturated rings. The lowest BCUT2D eigenvalue weighted by Gasteiger charge is -2.14. The van der Waals surface area contributed by atoms with Crippen molar-refractivity contribution in [2.75, 3.05) is 6.61 Å². The highest BCUT2D eigenvalue weighted by atomic mass is 19.1. The van der Waals surface area contributed by atoms with E-state index in [9.17, 15) is 14.0 Å². The minimum atomic E-state index is -0.995. The summed E-state index contributed by atoms with van der Waals surface area (Å²) in [6.45, 7) is 7.22. The van der Waals surface area contributed by atoms with Gasteiger partial charge in [0.2, 0.25) is 5.83 Å². The van der Waals surface area contributed by atoms with Gasteiger partial charge in [0.15, 0.2) is 0 Å². The molecule has 1 saturated carbocycles. The monoisotopic (exact) mass is 334 g/mol. The molecular formula is C19H23FO4. The number of esters is 2. The average Bonchev–Trinajstić information content (AvgIpc) is 3.08. The van der Waals surface area contributed by atoms with Gasteiger partial charge < -0.3 is 9.47 Å². The van der Waals surface area contributed by atoms with Gasteiger partial charge in [-0.2, -0.15) is 4.39 Å². The van der Waals surface area contributed by atoms with Crippen molar-refractivity contribution in [1.29, 1.82) is 0 Å². The van der Waals surface area contributed by atoms with Gasteiger partial charge in [-0.25, -0.2) is 4.79 Å². The Bertz CT molecular complexity index is 636. The first-order chi connectivity index (χ1) is 11.3. The van der Waals surface area contributed by atoms with Crippen molar-refractivity contribution in [2.45, 2.75) is 33.8 Å². The average molecular weight is 334 g/mol. The van der Waals surface area contributed by atoms with E-state index in [1.54, 1.807) is 13.8 Å². The quantitative estimate of drug-likeness (QED) is 0.583. The zero-order valence-electron chi connectivity index (χ0n) is 14.4. The van der Waals surface area contributed by atoms with E-state index in [0.717, 1.165) is 5.56 Å². The van der Waals surface area contributed by atoms with Crippen molar-refractivity contribution >= 4 is 11.9 Å². The van der Waals surface area contributed by atoms with Crippen molar-refractivity contribution in [3.05, 3.63) is 47.8 Å². The summed E-state index contributed by atoms with van der Waals surface area (Å²) in [7, 11) is 0. The first-order valence-corrected chi connectivity index (χ1v) is 8.09. The van der Waals surface area contributed by atoms with Crippen molar-refractivity contribution in [3.8, 4) is 0 Å².